The Kier molecular flexibility index (Phi) is 46.2. The second-order valence-corrected chi connectivity index (χ2v) is 2.65. The summed E-state index contributed by atoms with van der Waals surface area (Å²) >= 11 is 0.456. The van der Waals surface area contributed by atoms with E-state index in [4.69, 9.17) is 0 Å². The van der Waals surface area contributed by atoms with E-state index in [2.05, 4.69) is 7.26 Å². The molecule has 0 aromatic carbocycles. The van der Waals surface area contributed by atoms with Crippen molar-refractivity contribution < 1.29 is 43.1 Å². The van der Waals surface area contributed by atoms with Crippen LogP contribution in [0.5, 0.6) is 0 Å². The van der Waals surface area contributed by atoms with E-state index in [9.17, 15) is 8.42 Å². The van der Waals surface area contributed by atoms with Gasteiger partial charge in [0.25, 0.3) is 0 Å². The van der Waals surface area contributed by atoms with E-state index in [1.807, 2.05) is 0 Å². The molecule has 1 aliphatic heterocycles. The van der Waals surface area contributed by atoms with Gasteiger partial charge in [-0.05, 0) is 0 Å². The van der Waals surface area contributed by atoms with Crippen LogP contribution in [-0.2, 0) is 17.7 Å². The summed E-state index contributed by atoms with van der Waals surface area (Å²) in [6.45, 7) is 0. The first-order valence-corrected chi connectivity index (χ1v) is 3.00. The van der Waals surface area contributed by atoms with E-state index in [1.54, 1.807) is 0 Å². The Morgan fingerprint density at radius 2 is 1.00 bits per heavy atom. The summed E-state index contributed by atoms with van der Waals surface area (Å²) in [5.41, 5.74) is 0. The second-order valence-electron chi connectivity index (χ2n) is 0.612. The Bertz CT molecular complexity index is 127. The van der Waals surface area contributed by atoms with Crippen LogP contribution in [0.3, 0.4) is 0 Å². The maximum atomic E-state index is 9.62. The van der Waals surface area contributed by atoms with Crippen LogP contribution in [0, 0.1) is 0 Å². The summed E-state index contributed by atoms with van der Waals surface area (Å²) in [7, 11) is -3.52. The molecule has 1 heterocycles. The van der Waals surface area contributed by atoms with E-state index in [0.29, 0.717) is 12.3 Å². The standard InChI is InChI=1S/Na.O4S2.5H2O.H/c;1-6(2)3-5-4-6;;;;;;/h;;5*1H2;. The van der Waals surface area contributed by atoms with Crippen molar-refractivity contribution in [3.8, 4) is 0 Å². The van der Waals surface area contributed by atoms with Gasteiger partial charge in [0.05, 0.1) is 0 Å². The molecule has 1 rings (SSSR count). The molecule has 0 aliphatic carbocycles. The molecule has 0 spiro atoms. The molecule has 0 bridgehead atoms. The van der Waals surface area contributed by atoms with Crippen LogP contribution in [0.2, 0.25) is 0 Å². The van der Waals surface area contributed by atoms with Gasteiger partial charge >= 0.3 is 40.0 Å². The fourth-order valence-corrected chi connectivity index (χ4v) is 0.658. The molecule has 78 valence electrons. The molecule has 0 amide bonds. The van der Waals surface area contributed by atoms with Gasteiger partial charge in [0.1, 0.15) is 0 Å². The molecule has 0 aromatic heterocycles. The van der Waals surface area contributed by atoms with Crippen molar-refractivity contribution in [2.24, 2.45) is 0 Å². The Morgan fingerprint density at radius 3 is 1.00 bits per heavy atom. The molecule has 1 saturated heterocycles. The summed E-state index contributed by atoms with van der Waals surface area (Å²) in [6, 6.07) is 0. The molecular formula is H11NaO9S2. The fourth-order valence-electron chi connectivity index (χ4n) is 0.0731. The van der Waals surface area contributed by atoms with Crippen LogP contribution >= 0.6 is 12.3 Å². The third kappa shape index (κ3) is 13.6. The quantitative estimate of drug-likeness (QED) is 0.300. The van der Waals surface area contributed by atoms with Crippen LogP contribution < -0.4 is 0 Å². The molecule has 1 aliphatic rings. The van der Waals surface area contributed by atoms with Crippen molar-refractivity contribution in [2.45, 2.75) is 0 Å². The van der Waals surface area contributed by atoms with Gasteiger partial charge in [-0.2, -0.15) is 8.42 Å². The van der Waals surface area contributed by atoms with E-state index in [-0.39, 0.29) is 56.9 Å². The molecule has 1 fully saturated rings. The second kappa shape index (κ2) is 14.5. The van der Waals surface area contributed by atoms with Gasteiger partial charge in [0, 0.05) is 0 Å². The first kappa shape index (κ1) is 38.2. The summed E-state index contributed by atoms with van der Waals surface area (Å²) in [5.74, 6) is 0. The van der Waals surface area contributed by atoms with Crippen molar-refractivity contribution in [3.63, 3.8) is 0 Å². The van der Waals surface area contributed by atoms with Crippen LogP contribution in [0.1, 0.15) is 0 Å². The summed E-state index contributed by atoms with van der Waals surface area (Å²) in [4.78, 5) is 0. The van der Waals surface area contributed by atoms with Crippen LogP contribution in [0.15, 0.2) is 0 Å². The first-order chi connectivity index (χ1) is 2.71. The molecule has 0 aromatic rings. The van der Waals surface area contributed by atoms with Crippen LogP contribution in [0.4, 0.5) is 0 Å². The van der Waals surface area contributed by atoms with Gasteiger partial charge in [-0.25, -0.2) is 0 Å². The molecule has 10 N–H and O–H groups in total. The van der Waals surface area contributed by atoms with Crippen molar-refractivity contribution in [2.75, 3.05) is 0 Å². The first-order valence-electron chi connectivity index (χ1n) is 1.00. The number of hydrogen-bond donors (Lipinski definition) is 0. The van der Waals surface area contributed by atoms with Gasteiger partial charge in [-0.1, -0.05) is 0 Å². The van der Waals surface area contributed by atoms with E-state index >= 15 is 0 Å². The monoisotopic (exact) mass is 242 g/mol. The molecule has 12 heteroatoms. The zero-order valence-electron chi connectivity index (χ0n) is 4.95. The average Bonchev–Trinajstić information content (AvgIpc) is 1.32. The maximum absolute atomic E-state index is 9.62. The van der Waals surface area contributed by atoms with Gasteiger partial charge in [-0.15, -0.1) is 7.26 Å². The Morgan fingerprint density at radius 1 is 0.833 bits per heavy atom. The molecule has 0 saturated carbocycles. The summed E-state index contributed by atoms with van der Waals surface area (Å²) in [5, 5.41) is 0. The minimum absolute atomic E-state index is 0. The zero-order valence-corrected chi connectivity index (χ0v) is 6.58. The molecule has 9 nitrogen and oxygen atoms in total. The predicted molar refractivity (Wildman–Crippen MR) is 43.9 cm³/mol. The summed E-state index contributed by atoms with van der Waals surface area (Å²) in [6.07, 6.45) is 0. The summed E-state index contributed by atoms with van der Waals surface area (Å²) < 4.78 is 26.8. The Balaban J connectivity index is -0.0000000150. The molecular weight excluding hydrogens is 231 g/mol. The zero-order chi connectivity index (χ0) is 4.62. The van der Waals surface area contributed by atoms with Crippen molar-refractivity contribution >= 4 is 52.3 Å². The van der Waals surface area contributed by atoms with E-state index in [1.165, 1.54) is 0 Å². The topological polar surface area (TPSA) is 210 Å². The average molecular weight is 242 g/mol. The third-order valence-corrected chi connectivity index (χ3v) is 2.00. The number of rotatable bonds is 0. The van der Waals surface area contributed by atoms with E-state index < -0.39 is 10.4 Å². The van der Waals surface area contributed by atoms with Crippen LogP contribution in [0.25, 0.3) is 0 Å². The van der Waals surface area contributed by atoms with Crippen molar-refractivity contribution in [3.05, 3.63) is 0 Å². The normalized spacial score (nSPS) is 14.3. The van der Waals surface area contributed by atoms with Crippen LogP contribution in [-0.4, -0.2) is 65.4 Å². The Hall–Kier alpha value is 1.02. The van der Waals surface area contributed by atoms with Gasteiger partial charge < -0.3 is 27.4 Å². The molecule has 12 heavy (non-hydrogen) atoms. The number of hydrogen-bond acceptors (Lipinski definition) is 5. The molecule has 0 unspecified atom stereocenters. The minimum atomic E-state index is -3.52. The van der Waals surface area contributed by atoms with E-state index in [0.717, 1.165) is 0 Å². The van der Waals surface area contributed by atoms with Gasteiger partial charge in [0.2, 0.25) is 0 Å². The Labute approximate surface area is 95.0 Å². The van der Waals surface area contributed by atoms with Gasteiger partial charge in [-0.3, -0.25) is 0 Å². The SMILES string of the molecule is O.O.O.O.O.O=S1(=O)OSO1.[NaH]. The van der Waals surface area contributed by atoms with Crippen molar-refractivity contribution in [1.82, 2.24) is 0 Å². The predicted octanol–water partition coefficient (Wildman–Crippen LogP) is -4.93. The molecule has 0 radical (unpaired) electrons. The molecule has 0 atom stereocenters. The fraction of sp³-hybridized carbons (Fsp3) is 0. The third-order valence-electron chi connectivity index (χ3n) is 0.222. The van der Waals surface area contributed by atoms with Gasteiger partial charge in [0.15, 0.2) is 12.3 Å². The van der Waals surface area contributed by atoms with Crippen molar-refractivity contribution in [1.29, 1.82) is 0 Å².